The van der Waals surface area contributed by atoms with Gasteiger partial charge in [-0.1, -0.05) is 54.6 Å². The van der Waals surface area contributed by atoms with Crippen LogP contribution in [0.1, 0.15) is 5.56 Å². The molecule has 2 aromatic heterocycles. The Balaban J connectivity index is 1.75. The molecular weight excluding hydrogens is 378 g/mol. The van der Waals surface area contributed by atoms with E-state index in [0.29, 0.717) is 16.7 Å². The molecule has 5 rings (SSSR count). The van der Waals surface area contributed by atoms with Crippen LogP contribution in [-0.4, -0.2) is 25.8 Å². The van der Waals surface area contributed by atoms with Gasteiger partial charge in [-0.25, -0.2) is 14.6 Å². The van der Waals surface area contributed by atoms with Crippen molar-refractivity contribution >= 4 is 34.1 Å². The van der Waals surface area contributed by atoms with Crippen LogP contribution in [0.25, 0.3) is 33.5 Å². The molecule has 5 aromatic rings. The molecule has 3 aromatic carbocycles. The first-order valence-electron chi connectivity index (χ1n) is 9.32. The molecule has 7 heteroatoms. The van der Waals surface area contributed by atoms with E-state index in [4.69, 9.17) is 9.97 Å². The molecule has 0 spiro atoms. The van der Waals surface area contributed by atoms with Crippen molar-refractivity contribution in [1.82, 2.24) is 14.6 Å². The summed E-state index contributed by atoms with van der Waals surface area (Å²) >= 11 is 0. The Kier molecular flexibility index (Phi) is 4.25. The standard InChI is InChI=1S/C23H15N5O2/c29-28(30)21-13-7-4-10-17(21)15-24-27-22(16-8-2-1-3-9-16)14-20-23(27)26-19-12-6-5-11-18(19)25-20/h1-15H/b24-15+. The van der Waals surface area contributed by atoms with E-state index in [-0.39, 0.29) is 5.69 Å². The molecule has 0 aliphatic heterocycles. The van der Waals surface area contributed by atoms with Gasteiger partial charge in [-0.15, -0.1) is 0 Å². The molecule has 0 unspecified atom stereocenters. The number of nitro groups is 1. The smallest absolute Gasteiger partial charge is 0.258 e. The highest BCUT2D eigenvalue weighted by molar-refractivity contribution is 5.90. The fourth-order valence-electron chi connectivity index (χ4n) is 3.38. The van der Waals surface area contributed by atoms with E-state index in [2.05, 4.69) is 5.10 Å². The lowest BCUT2D eigenvalue weighted by molar-refractivity contribution is -0.385. The maximum Gasteiger partial charge on any atom is 0.278 e. The predicted octanol–water partition coefficient (Wildman–Crippen LogP) is 5.04. The van der Waals surface area contributed by atoms with Crippen LogP contribution < -0.4 is 0 Å². The highest BCUT2D eigenvalue weighted by atomic mass is 16.6. The third-order valence-corrected chi connectivity index (χ3v) is 4.80. The van der Waals surface area contributed by atoms with Crippen LogP contribution in [0, 0.1) is 10.1 Å². The van der Waals surface area contributed by atoms with Gasteiger partial charge in [-0.2, -0.15) is 5.10 Å². The number of hydrogen-bond acceptors (Lipinski definition) is 5. The Labute approximate surface area is 171 Å². The predicted molar refractivity (Wildman–Crippen MR) is 117 cm³/mol. The second-order valence-electron chi connectivity index (χ2n) is 6.69. The normalized spacial score (nSPS) is 11.5. The molecule has 144 valence electrons. The maximum absolute atomic E-state index is 11.3. The molecule has 2 heterocycles. The number of fused-ring (bicyclic) bond motifs is 2. The Morgan fingerprint density at radius 2 is 1.50 bits per heavy atom. The van der Waals surface area contributed by atoms with Gasteiger partial charge in [0, 0.05) is 11.6 Å². The van der Waals surface area contributed by atoms with Crippen molar-refractivity contribution in [2.24, 2.45) is 5.10 Å². The number of aromatic nitrogens is 3. The van der Waals surface area contributed by atoms with E-state index in [1.54, 1.807) is 22.9 Å². The Bertz CT molecular complexity index is 1420. The zero-order valence-corrected chi connectivity index (χ0v) is 15.7. The number of hydrogen-bond donors (Lipinski definition) is 0. The first-order chi connectivity index (χ1) is 14.7. The van der Waals surface area contributed by atoms with Gasteiger partial charge in [-0.3, -0.25) is 10.1 Å². The lowest BCUT2D eigenvalue weighted by Gasteiger charge is -2.05. The molecular formula is C23H15N5O2. The molecule has 0 atom stereocenters. The van der Waals surface area contributed by atoms with Crippen LogP contribution in [-0.2, 0) is 0 Å². The summed E-state index contributed by atoms with van der Waals surface area (Å²) in [7, 11) is 0. The second-order valence-corrected chi connectivity index (χ2v) is 6.69. The molecule has 30 heavy (non-hydrogen) atoms. The van der Waals surface area contributed by atoms with Crippen molar-refractivity contribution in [3.8, 4) is 11.3 Å². The van der Waals surface area contributed by atoms with E-state index in [1.165, 1.54) is 12.3 Å². The van der Waals surface area contributed by atoms with Gasteiger partial charge in [0.25, 0.3) is 5.69 Å². The van der Waals surface area contributed by atoms with Gasteiger partial charge < -0.3 is 0 Å². The summed E-state index contributed by atoms with van der Waals surface area (Å²) in [6.07, 6.45) is 1.49. The minimum Gasteiger partial charge on any atom is -0.258 e. The summed E-state index contributed by atoms with van der Waals surface area (Å²) in [6.45, 7) is 0. The molecule has 0 radical (unpaired) electrons. The number of para-hydroxylation sites is 3. The van der Waals surface area contributed by atoms with Gasteiger partial charge in [-0.05, 0) is 24.3 Å². The van der Waals surface area contributed by atoms with Crippen LogP contribution in [0.5, 0.6) is 0 Å². The first kappa shape index (κ1) is 17.7. The molecule has 0 saturated heterocycles. The minimum atomic E-state index is -0.416. The molecule has 0 aliphatic carbocycles. The van der Waals surface area contributed by atoms with Gasteiger partial charge in [0.2, 0.25) is 0 Å². The number of nitro benzene ring substituents is 1. The minimum absolute atomic E-state index is 0.00416. The Morgan fingerprint density at radius 3 is 2.27 bits per heavy atom. The highest BCUT2D eigenvalue weighted by Gasteiger charge is 2.15. The maximum atomic E-state index is 11.3. The monoisotopic (exact) mass is 393 g/mol. The summed E-state index contributed by atoms with van der Waals surface area (Å²) in [5, 5.41) is 15.9. The van der Waals surface area contributed by atoms with E-state index in [9.17, 15) is 10.1 Å². The number of nitrogens with zero attached hydrogens (tertiary/aromatic N) is 5. The van der Waals surface area contributed by atoms with E-state index >= 15 is 0 Å². The lowest BCUT2D eigenvalue weighted by atomic mass is 10.1. The topological polar surface area (TPSA) is 86.2 Å². The quantitative estimate of drug-likeness (QED) is 0.243. The van der Waals surface area contributed by atoms with Crippen molar-refractivity contribution < 1.29 is 4.92 Å². The van der Waals surface area contributed by atoms with Gasteiger partial charge in [0.05, 0.1) is 33.4 Å². The Hall–Kier alpha value is -4.39. The van der Waals surface area contributed by atoms with Crippen LogP contribution in [0.4, 0.5) is 5.69 Å². The second kappa shape index (κ2) is 7.21. The lowest BCUT2D eigenvalue weighted by Crippen LogP contribution is -1.98. The van der Waals surface area contributed by atoms with Gasteiger partial charge in [0.1, 0.15) is 5.52 Å². The highest BCUT2D eigenvalue weighted by Crippen LogP contribution is 2.28. The van der Waals surface area contributed by atoms with Crippen LogP contribution in [0.15, 0.2) is 90.0 Å². The zero-order valence-electron chi connectivity index (χ0n) is 15.7. The van der Waals surface area contributed by atoms with Crippen LogP contribution in [0.2, 0.25) is 0 Å². The van der Waals surface area contributed by atoms with Crippen molar-refractivity contribution in [3.63, 3.8) is 0 Å². The first-order valence-corrected chi connectivity index (χ1v) is 9.32. The fourth-order valence-corrected chi connectivity index (χ4v) is 3.38. The zero-order chi connectivity index (χ0) is 20.5. The Morgan fingerprint density at radius 1 is 0.833 bits per heavy atom. The molecule has 0 bridgehead atoms. The largest absolute Gasteiger partial charge is 0.278 e. The summed E-state index contributed by atoms with van der Waals surface area (Å²) in [4.78, 5) is 20.4. The molecule has 0 N–H and O–H groups in total. The van der Waals surface area contributed by atoms with Crippen molar-refractivity contribution in [2.45, 2.75) is 0 Å². The summed E-state index contributed by atoms with van der Waals surface area (Å²) in [5.74, 6) is 0. The average molecular weight is 393 g/mol. The molecule has 0 fully saturated rings. The van der Waals surface area contributed by atoms with Crippen molar-refractivity contribution in [1.29, 1.82) is 0 Å². The third kappa shape index (κ3) is 3.08. The SMILES string of the molecule is O=[N+]([O-])c1ccccc1/C=N/n1c(-c2ccccc2)cc2nc3ccccc3nc21. The summed E-state index contributed by atoms with van der Waals surface area (Å²) in [5.41, 5.74) is 4.99. The third-order valence-electron chi connectivity index (χ3n) is 4.80. The van der Waals surface area contributed by atoms with E-state index < -0.39 is 4.92 Å². The van der Waals surface area contributed by atoms with Crippen molar-refractivity contribution in [2.75, 3.05) is 0 Å². The van der Waals surface area contributed by atoms with Gasteiger partial charge >= 0.3 is 0 Å². The van der Waals surface area contributed by atoms with Crippen LogP contribution in [0.3, 0.4) is 0 Å². The summed E-state index contributed by atoms with van der Waals surface area (Å²) in [6, 6.07) is 25.9. The number of benzene rings is 3. The number of rotatable bonds is 4. The van der Waals surface area contributed by atoms with E-state index in [0.717, 1.165) is 22.3 Å². The summed E-state index contributed by atoms with van der Waals surface area (Å²) < 4.78 is 1.68. The molecule has 0 amide bonds. The van der Waals surface area contributed by atoms with E-state index in [1.807, 2.05) is 60.7 Å². The van der Waals surface area contributed by atoms with Gasteiger partial charge in [0.15, 0.2) is 5.65 Å². The molecule has 7 nitrogen and oxygen atoms in total. The molecule has 0 aliphatic rings. The molecule has 0 saturated carbocycles. The average Bonchev–Trinajstić information content (AvgIpc) is 3.14. The van der Waals surface area contributed by atoms with Crippen molar-refractivity contribution in [3.05, 3.63) is 101 Å². The fraction of sp³-hybridized carbons (Fsp3) is 0. The van der Waals surface area contributed by atoms with Crippen LogP contribution >= 0.6 is 0 Å².